The van der Waals surface area contributed by atoms with Crippen LogP contribution in [-0.2, 0) is 9.53 Å². The highest BCUT2D eigenvalue weighted by Gasteiger charge is 2.25. The Bertz CT molecular complexity index is 224. The van der Waals surface area contributed by atoms with Gasteiger partial charge < -0.3 is 16.0 Å². The smallest absolute Gasteiger partial charge is 0.306 e. The summed E-state index contributed by atoms with van der Waals surface area (Å²) in [5.41, 5.74) is -0.962. The third-order valence-electron chi connectivity index (χ3n) is 3.29. The van der Waals surface area contributed by atoms with Gasteiger partial charge in [0.05, 0.1) is 5.60 Å². The molecule has 1 atom stereocenters. The van der Waals surface area contributed by atoms with Crippen molar-refractivity contribution in [1.82, 2.24) is 6.15 Å². The van der Waals surface area contributed by atoms with E-state index in [1.807, 2.05) is 0 Å². The van der Waals surface area contributed by atoms with Crippen molar-refractivity contribution in [1.29, 1.82) is 0 Å². The number of unbranched alkanes of at least 4 members (excludes halogenated alkanes) is 6. The van der Waals surface area contributed by atoms with Crippen molar-refractivity contribution in [3.8, 4) is 0 Å². The largest absolute Gasteiger partial charge is 0.460 e. The maximum atomic E-state index is 11.5. The monoisotopic (exact) mass is 275 g/mol. The van der Waals surface area contributed by atoms with Gasteiger partial charge in [0.25, 0.3) is 0 Å². The van der Waals surface area contributed by atoms with Gasteiger partial charge in [-0.05, 0) is 27.2 Å². The molecule has 116 valence electrons. The second-order valence-corrected chi connectivity index (χ2v) is 5.66. The van der Waals surface area contributed by atoms with Gasteiger partial charge in [0, 0.05) is 6.42 Å². The van der Waals surface area contributed by atoms with Crippen LogP contribution in [0.1, 0.15) is 79.1 Å². The molecule has 0 aromatic rings. The minimum Gasteiger partial charge on any atom is -0.460 e. The molecule has 0 aliphatic heterocycles. The third-order valence-corrected chi connectivity index (χ3v) is 3.29. The second kappa shape index (κ2) is 11.2. The number of aliphatic hydroxyl groups is 1. The summed E-state index contributed by atoms with van der Waals surface area (Å²) in [5, 5.41) is 9.65. The quantitative estimate of drug-likeness (QED) is 0.466. The van der Waals surface area contributed by atoms with Crippen molar-refractivity contribution >= 4 is 5.97 Å². The van der Waals surface area contributed by atoms with Gasteiger partial charge in [-0.3, -0.25) is 4.79 Å². The Morgan fingerprint density at radius 1 is 1.11 bits per heavy atom. The van der Waals surface area contributed by atoms with Gasteiger partial charge in [0.15, 0.2) is 0 Å². The maximum Gasteiger partial charge on any atom is 0.306 e. The fourth-order valence-electron chi connectivity index (χ4n) is 1.63. The zero-order valence-electron chi connectivity index (χ0n) is 13.2. The van der Waals surface area contributed by atoms with E-state index < -0.39 is 11.7 Å². The van der Waals surface area contributed by atoms with E-state index in [1.165, 1.54) is 32.1 Å². The zero-order valence-corrected chi connectivity index (χ0v) is 13.2. The lowest BCUT2D eigenvalue weighted by Gasteiger charge is -2.25. The Labute approximate surface area is 118 Å². The summed E-state index contributed by atoms with van der Waals surface area (Å²) in [6, 6.07) is 0. The van der Waals surface area contributed by atoms with E-state index in [0.29, 0.717) is 6.42 Å². The van der Waals surface area contributed by atoms with Crippen LogP contribution in [0.2, 0.25) is 0 Å². The summed E-state index contributed by atoms with van der Waals surface area (Å²) >= 11 is 0. The molecule has 0 radical (unpaired) electrons. The molecule has 0 aliphatic rings. The van der Waals surface area contributed by atoms with Gasteiger partial charge in [-0.25, -0.2) is 0 Å². The van der Waals surface area contributed by atoms with Gasteiger partial charge in [-0.15, -0.1) is 0 Å². The molecule has 0 saturated carbocycles. The number of ether oxygens (including phenoxy) is 1. The van der Waals surface area contributed by atoms with Crippen LogP contribution in [0.15, 0.2) is 0 Å². The van der Waals surface area contributed by atoms with Gasteiger partial charge in [-0.1, -0.05) is 45.4 Å². The fraction of sp³-hybridized carbons (Fsp3) is 0.933. The van der Waals surface area contributed by atoms with Crippen molar-refractivity contribution in [3.63, 3.8) is 0 Å². The van der Waals surface area contributed by atoms with Gasteiger partial charge in [0.2, 0.25) is 0 Å². The van der Waals surface area contributed by atoms with E-state index in [2.05, 4.69) is 6.92 Å². The van der Waals surface area contributed by atoms with E-state index in [1.54, 1.807) is 20.8 Å². The van der Waals surface area contributed by atoms with Crippen LogP contribution >= 0.6 is 0 Å². The number of carbonyl (C=O) groups is 1. The summed E-state index contributed by atoms with van der Waals surface area (Å²) in [6.45, 7) is 7.24. The number of rotatable bonds is 10. The molecular weight excluding hydrogens is 242 g/mol. The molecule has 19 heavy (non-hydrogen) atoms. The maximum absolute atomic E-state index is 11.5. The molecule has 0 bridgehead atoms. The van der Waals surface area contributed by atoms with Crippen molar-refractivity contribution in [3.05, 3.63) is 0 Å². The van der Waals surface area contributed by atoms with Crippen molar-refractivity contribution in [2.75, 3.05) is 0 Å². The van der Waals surface area contributed by atoms with Crippen LogP contribution in [0, 0.1) is 0 Å². The Morgan fingerprint density at radius 3 is 2.05 bits per heavy atom. The molecule has 0 aromatic heterocycles. The number of carbonyl (C=O) groups excluding carboxylic acids is 1. The lowest BCUT2D eigenvalue weighted by Crippen LogP contribution is -2.37. The van der Waals surface area contributed by atoms with E-state index >= 15 is 0 Å². The first-order chi connectivity index (χ1) is 8.38. The molecule has 0 amide bonds. The van der Waals surface area contributed by atoms with Gasteiger partial charge >= 0.3 is 5.97 Å². The minimum absolute atomic E-state index is 0. The minimum atomic E-state index is -0.962. The standard InChI is InChI=1S/C15H30O3.H3N/c1-5-6-7-8-9-10-11-12-14(16)18-13(2)15(3,4)17;/h13,17H,5-12H2,1-4H3;1H3. The lowest BCUT2D eigenvalue weighted by molar-refractivity contribution is -0.159. The second-order valence-electron chi connectivity index (χ2n) is 5.66. The summed E-state index contributed by atoms with van der Waals surface area (Å²) in [5.74, 6) is -0.196. The summed E-state index contributed by atoms with van der Waals surface area (Å²) < 4.78 is 5.17. The predicted molar refractivity (Wildman–Crippen MR) is 79.5 cm³/mol. The SMILES string of the molecule is CCCCCCCCCC(=O)OC(C)C(C)(C)O.N. The average molecular weight is 275 g/mol. The number of hydrogen-bond acceptors (Lipinski definition) is 4. The van der Waals surface area contributed by atoms with E-state index in [0.717, 1.165) is 12.8 Å². The Balaban J connectivity index is 0. The first kappa shape index (κ1) is 20.7. The van der Waals surface area contributed by atoms with Crippen LogP contribution < -0.4 is 6.15 Å². The van der Waals surface area contributed by atoms with Crippen LogP contribution in [0.4, 0.5) is 0 Å². The molecule has 4 heteroatoms. The topological polar surface area (TPSA) is 81.5 Å². The van der Waals surface area contributed by atoms with Gasteiger partial charge in [0.1, 0.15) is 6.10 Å². The Morgan fingerprint density at radius 2 is 1.58 bits per heavy atom. The molecule has 0 aromatic carbocycles. The molecule has 4 N–H and O–H groups in total. The van der Waals surface area contributed by atoms with Crippen LogP contribution in [0.25, 0.3) is 0 Å². The van der Waals surface area contributed by atoms with Crippen molar-refractivity contribution in [2.45, 2.75) is 90.8 Å². The fourth-order valence-corrected chi connectivity index (χ4v) is 1.63. The molecule has 0 rings (SSSR count). The molecule has 0 saturated heterocycles. The molecular formula is C15H33NO3. The summed E-state index contributed by atoms with van der Waals surface area (Å²) in [6.07, 6.45) is 8.35. The average Bonchev–Trinajstić information content (AvgIpc) is 2.26. The summed E-state index contributed by atoms with van der Waals surface area (Å²) in [7, 11) is 0. The Hall–Kier alpha value is -0.610. The van der Waals surface area contributed by atoms with Crippen LogP contribution in [0.5, 0.6) is 0 Å². The van der Waals surface area contributed by atoms with E-state index in [-0.39, 0.29) is 12.1 Å². The normalized spacial score (nSPS) is 12.7. The molecule has 0 aliphatic carbocycles. The lowest BCUT2D eigenvalue weighted by atomic mass is 10.0. The van der Waals surface area contributed by atoms with Crippen LogP contribution in [0.3, 0.4) is 0 Å². The predicted octanol–water partition coefficient (Wildman–Crippen LogP) is 3.99. The first-order valence-corrected chi connectivity index (χ1v) is 7.29. The highest BCUT2D eigenvalue weighted by atomic mass is 16.6. The summed E-state index contributed by atoms with van der Waals surface area (Å²) in [4.78, 5) is 11.5. The van der Waals surface area contributed by atoms with E-state index in [9.17, 15) is 9.90 Å². The highest BCUT2D eigenvalue weighted by Crippen LogP contribution is 2.14. The molecule has 0 fully saturated rings. The molecule has 0 heterocycles. The Kier molecular flexibility index (Phi) is 12.2. The third kappa shape index (κ3) is 12.2. The van der Waals surface area contributed by atoms with Gasteiger partial charge in [-0.2, -0.15) is 0 Å². The number of esters is 1. The van der Waals surface area contributed by atoms with Crippen molar-refractivity contribution < 1.29 is 14.6 Å². The van der Waals surface area contributed by atoms with Crippen molar-refractivity contribution in [2.24, 2.45) is 0 Å². The molecule has 1 unspecified atom stereocenters. The molecule has 0 spiro atoms. The highest BCUT2D eigenvalue weighted by molar-refractivity contribution is 5.69. The molecule has 4 nitrogen and oxygen atoms in total. The van der Waals surface area contributed by atoms with Crippen LogP contribution in [-0.4, -0.2) is 22.8 Å². The first-order valence-electron chi connectivity index (χ1n) is 7.29. The zero-order chi connectivity index (χ0) is 14.0. The van der Waals surface area contributed by atoms with E-state index in [4.69, 9.17) is 4.74 Å². The number of hydrogen-bond donors (Lipinski definition) is 2.